The average Bonchev–Trinajstić information content (AvgIpc) is 3.18. The van der Waals surface area contributed by atoms with E-state index in [1.54, 1.807) is 11.8 Å². The molecule has 0 aromatic rings. The van der Waals surface area contributed by atoms with Crippen LogP contribution >= 0.6 is 0 Å². The predicted molar refractivity (Wildman–Crippen MR) is 157 cm³/mol. The molecule has 234 valence electrons. The van der Waals surface area contributed by atoms with E-state index in [2.05, 4.69) is 12.2 Å². The normalized spacial score (nSPS) is 20.0. The Morgan fingerprint density at radius 2 is 1.50 bits per heavy atom. The summed E-state index contributed by atoms with van der Waals surface area (Å²) < 4.78 is 16.6. The van der Waals surface area contributed by atoms with Crippen LogP contribution in [0.2, 0.25) is 0 Å². The van der Waals surface area contributed by atoms with Gasteiger partial charge in [0.15, 0.2) is 0 Å². The van der Waals surface area contributed by atoms with Gasteiger partial charge >= 0.3 is 18.2 Å². The summed E-state index contributed by atoms with van der Waals surface area (Å²) >= 11 is 0. The number of nitrogens with one attached hydrogen (secondary N) is 1. The monoisotopic (exact) mass is 570 g/mol. The van der Waals surface area contributed by atoms with E-state index in [-0.39, 0.29) is 24.7 Å². The minimum atomic E-state index is -0.795. The first kappa shape index (κ1) is 36.0. The van der Waals surface area contributed by atoms with E-state index in [9.17, 15) is 19.5 Å². The topological polar surface area (TPSA) is 114 Å². The summed E-state index contributed by atoms with van der Waals surface area (Å²) in [4.78, 5) is 39.5. The molecule has 0 radical (unpaired) electrons. The van der Waals surface area contributed by atoms with Crippen LogP contribution < -0.4 is 5.32 Å². The fourth-order valence-corrected chi connectivity index (χ4v) is 5.35. The van der Waals surface area contributed by atoms with Gasteiger partial charge in [0.1, 0.15) is 11.2 Å². The summed E-state index contributed by atoms with van der Waals surface area (Å²) in [6.45, 7) is 16.2. The fraction of sp³-hybridized carbons (Fsp3) is 0.903. The number of alkyl carbamates (subject to hydrolysis) is 1. The van der Waals surface area contributed by atoms with Crippen LogP contribution in [-0.2, 0) is 19.0 Å². The molecule has 2 amide bonds. The summed E-state index contributed by atoms with van der Waals surface area (Å²) in [5, 5.41) is 13.7. The number of ether oxygens (including phenoxy) is 3. The molecular weight excluding hydrogens is 512 g/mol. The molecule has 0 saturated carbocycles. The van der Waals surface area contributed by atoms with Crippen LogP contribution in [0.3, 0.4) is 0 Å². The van der Waals surface area contributed by atoms with Gasteiger partial charge in [-0.2, -0.15) is 0 Å². The molecule has 1 heterocycles. The molecule has 0 spiro atoms. The van der Waals surface area contributed by atoms with E-state index >= 15 is 0 Å². The van der Waals surface area contributed by atoms with Gasteiger partial charge in [-0.05, 0) is 74.1 Å². The molecule has 0 bridgehead atoms. The lowest BCUT2D eigenvalue weighted by Crippen LogP contribution is -2.51. The van der Waals surface area contributed by atoms with Crippen LogP contribution in [0.4, 0.5) is 9.59 Å². The first-order valence-electron chi connectivity index (χ1n) is 15.4. The number of aliphatic hydroxyl groups excluding tert-OH is 1. The number of rotatable bonds is 15. The van der Waals surface area contributed by atoms with Crippen molar-refractivity contribution in [3.8, 4) is 0 Å². The van der Waals surface area contributed by atoms with Gasteiger partial charge in [0.05, 0.1) is 12.7 Å². The van der Waals surface area contributed by atoms with Crippen LogP contribution in [0.25, 0.3) is 0 Å². The van der Waals surface area contributed by atoms with Gasteiger partial charge in [0.2, 0.25) is 0 Å². The van der Waals surface area contributed by atoms with Crippen molar-refractivity contribution in [2.24, 2.45) is 5.92 Å². The molecular formula is C31H58N2O7. The second-order valence-corrected chi connectivity index (χ2v) is 13.4. The molecule has 1 fully saturated rings. The Kier molecular flexibility index (Phi) is 15.3. The number of aliphatic hydroxyl groups is 1. The van der Waals surface area contributed by atoms with Gasteiger partial charge in [-0.1, -0.05) is 51.9 Å². The molecule has 2 N–H and O–H groups in total. The second kappa shape index (κ2) is 17.0. The zero-order valence-electron chi connectivity index (χ0n) is 26.7. The highest BCUT2D eigenvalue weighted by molar-refractivity contribution is 5.70. The average molecular weight is 571 g/mol. The summed E-state index contributed by atoms with van der Waals surface area (Å²) in [7, 11) is 0. The number of hydrogen-bond donors (Lipinski definition) is 2. The van der Waals surface area contributed by atoms with Gasteiger partial charge in [-0.25, -0.2) is 9.59 Å². The number of carbonyl (C=O) groups is 3. The number of nitrogens with zero attached hydrogens (tertiary/aromatic N) is 1. The lowest BCUT2D eigenvalue weighted by atomic mass is 9.93. The fourth-order valence-electron chi connectivity index (χ4n) is 5.35. The zero-order valence-corrected chi connectivity index (χ0v) is 26.7. The van der Waals surface area contributed by atoms with Gasteiger partial charge in [-0.15, -0.1) is 0 Å². The Bertz CT molecular complexity index is 773. The third-order valence-corrected chi connectivity index (χ3v) is 7.18. The van der Waals surface area contributed by atoms with Gasteiger partial charge in [0.25, 0.3) is 0 Å². The molecule has 1 aliphatic heterocycles. The first-order chi connectivity index (χ1) is 18.5. The molecule has 9 heteroatoms. The lowest BCUT2D eigenvalue weighted by Gasteiger charge is -2.38. The zero-order chi connectivity index (χ0) is 30.5. The maximum atomic E-state index is 13.5. The van der Waals surface area contributed by atoms with Gasteiger partial charge in [-0.3, -0.25) is 4.79 Å². The van der Waals surface area contributed by atoms with E-state index in [1.807, 2.05) is 41.5 Å². The quantitative estimate of drug-likeness (QED) is 0.127. The van der Waals surface area contributed by atoms with Crippen molar-refractivity contribution < 1.29 is 33.7 Å². The molecule has 1 aliphatic rings. The van der Waals surface area contributed by atoms with Crippen molar-refractivity contribution in [3.63, 3.8) is 0 Å². The number of unbranched alkanes of at least 4 members (excludes halogenated alkanes) is 6. The van der Waals surface area contributed by atoms with Crippen LogP contribution in [-0.4, -0.2) is 70.2 Å². The molecule has 1 saturated heterocycles. The summed E-state index contributed by atoms with van der Waals surface area (Å²) in [6.07, 6.45) is 9.12. The minimum absolute atomic E-state index is 0.0152. The first-order valence-corrected chi connectivity index (χ1v) is 15.4. The number of amides is 2. The van der Waals surface area contributed by atoms with E-state index < -0.39 is 41.4 Å². The molecule has 0 aromatic carbocycles. The minimum Gasteiger partial charge on any atom is -0.465 e. The van der Waals surface area contributed by atoms with Crippen LogP contribution in [0.5, 0.6) is 0 Å². The highest BCUT2D eigenvalue weighted by atomic mass is 16.6. The maximum absolute atomic E-state index is 13.5. The molecule has 0 unspecified atom stereocenters. The maximum Gasteiger partial charge on any atom is 0.410 e. The van der Waals surface area contributed by atoms with Crippen molar-refractivity contribution >= 4 is 18.2 Å². The summed E-state index contributed by atoms with van der Waals surface area (Å²) in [6, 6.07) is -0.750. The smallest absolute Gasteiger partial charge is 0.410 e. The van der Waals surface area contributed by atoms with Crippen LogP contribution in [0.15, 0.2) is 0 Å². The molecule has 9 nitrogen and oxygen atoms in total. The summed E-state index contributed by atoms with van der Waals surface area (Å²) in [5.74, 6) is -0.887. The van der Waals surface area contributed by atoms with E-state index in [0.717, 1.165) is 19.3 Å². The Hall–Kier alpha value is -2.03. The van der Waals surface area contributed by atoms with E-state index in [0.29, 0.717) is 19.3 Å². The van der Waals surface area contributed by atoms with Crippen molar-refractivity contribution in [2.75, 3.05) is 6.61 Å². The third-order valence-electron chi connectivity index (χ3n) is 7.18. The molecule has 0 aromatic heterocycles. The van der Waals surface area contributed by atoms with E-state index in [1.165, 1.54) is 39.0 Å². The highest BCUT2D eigenvalue weighted by Gasteiger charge is 2.45. The van der Waals surface area contributed by atoms with E-state index in [4.69, 9.17) is 14.2 Å². The standard InChI is InChI=1S/C31H58N2O7/c1-10-11-12-13-14-15-16-17-24(32-28(36)39-30(4,5)6)20-25-18-19-27(26(22(2)34)21-38-23(3)35)33(25)29(37)40-31(7,8)9/h22,24-27,34H,10-21H2,1-9H3,(H,32,36)/t22-,24-,25+,26-,27-/m1/s1. The van der Waals surface area contributed by atoms with Crippen molar-refractivity contribution in [1.82, 2.24) is 10.2 Å². The summed E-state index contributed by atoms with van der Waals surface area (Å²) in [5.41, 5.74) is -1.31. The number of hydrogen-bond acceptors (Lipinski definition) is 7. The Morgan fingerprint density at radius 1 is 0.925 bits per heavy atom. The van der Waals surface area contributed by atoms with Crippen molar-refractivity contribution in [2.45, 2.75) is 168 Å². The third kappa shape index (κ3) is 14.6. The van der Waals surface area contributed by atoms with Crippen molar-refractivity contribution in [3.05, 3.63) is 0 Å². The largest absolute Gasteiger partial charge is 0.465 e. The molecule has 0 aliphatic carbocycles. The molecule has 1 rings (SSSR count). The molecule has 5 atom stereocenters. The van der Waals surface area contributed by atoms with Gasteiger partial charge in [0, 0.05) is 31.0 Å². The Balaban J connectivity index is 3.11. The highest BCUT2D eigenvalue weighted by Crippen LogP contribution is 2.35. The number of esters is 1. The lowest BCUT2D eigenvalue weighted by molar-refractivity contribution is -0.144. The van der Waals surface area contributed by atoms with Crippen molar-refractivity contribution in [1.29, 1.82) is 0 Å². The number of likely N-dealkylation sites (tertiary alicyclic amines) is 1. The Labute approximate surface area is 243 Å². The van der Waals surface area contributed by atoms with Crippen LogP contribution in [0.1, 0.15) is 133 Å². The second-order valence-electron chi connectivity index (χ2n) is 13.4. The molecule has 40 heavy (non-hydrogen) atoms. The predicted octanol–water partition coefficient (Wildman–Crippen LogP) is 6.74. The Morgan fingerprint density at radius 3 is 2.02 bits per heavy atom. The van der Waals surface area contributed by atoms with Crippen LogP contribution in [0, 0.1) is 5.92 Å². The SMILES string of the molecule is CCCCCCCCC[C@H](C[C@@H]1CC[C@H]([C@H](COC(C)=O)[C@@H](C)O)N1C(=O)OC(C)(C)C)NC(=O)OC(C)(C)C. The van der Waals surface area contributed by atoms with Gasteiger partial charge < -0.3 is 29.5 Å². The number of carbonyl (C=O) groups excluding carboxylic acids is 3.